The molecule has 56 heavy (non-hydrogen) atoms. The van der Waals surface area contributed by atoms with Gasteiger partial charge in [-0.2, -0.15) is 18.2 Å². The van der Waals surface area contributed by atoms with Gasteiger partial charge < -0.3 is 14.2 Å². The van der Waals surface area contributed by atoms with E-state index in [0.717, 1.165) is 70.1 Å². The van der Waals surface area contributed by atoms with Crippen molar-refractivity contribution in [3.8, 4) is 0 Å². The maximum absolute atomic E-state index is 11.5. The first-order chi connectivity index (χ1) is 25.5. The summed E-state index contributed by atoms with van der Waals surface area (Å²) < 4.78 is 66.9. The first-order valence-corrected chi connectivity index (χ1v) is 20.5. The van der Waals surface area contributed by atoms with Crippen LogP contribution in [0.25, 0.3) is 5.57 Å². The average Bonchev–Trinajstić information content (AvgIpc) is 3.48. The van der Waals surface area contributed by atoms with E-state index in [1.807, 2.05) is 48.7 Å². The van der Waals surface area contributed by atoms with Crippen molar-refractivity contribution in [2.75, 3.05) is 23.8 Å². The van der Waals surface area contributed by atoms with E-state index in [2.05, 4.69) is 80.5 Å². The SMILES string of the molecule is CCCC[n+]1cc(Cl)cc2c1N=C(/C=C/C(=C/C=C1/N(CCCS(=O)(=O)[O-])c3cc[c-]cc3C1(C)C)c1cccc(CCOC=O)c1)C2(C)C.O=S(=O)=O.[Na+].[Na+]. The third-order valence-electron chi connectivity index (χ3n) is 9.56. The molecule has 1 aromatic heterocycles. The molecule has 16 heteroatoms. The summed E-state index contributed by atoms with van der Waals surface area (Å²) in [5.41, 5.74) is 7.18. The van der Waals surface area contributed by atoms with Crippen molar-refractivity contribution < 1.29 is 98.8 Å². The van der Waals surface area contributed by atoms with Crippen LogP contribution in [0.4, 0.5) is 11.5 Å². The van der Waals surface area contributed by atoms with Gasteiger partial charge in [-0.3, -0.25) is 4.79 Å². The van der Waals surface area contributed by atoms with E-state index in [4.69, 9.17) is 34.0 Å². The number of aliphatic imine (C=N–C) groups is 1. The first-order valence-electron chi connectivity index (χ1n) is 17.6. The summed E-state index contributed by atoms with van der Waals surface area (Å²) in [6.07, 6.45) is 13.1. The summed E-state index contributed by atoms with van der Waals surface area (Å²) in [5.74, 6) is 0.496. The second kappa shape index (κ2) is 22.1. The maximum atomic E-state index is 11.5. The molecule has 0 amide bonds. The summed E-state index contributed by atoms with van der Waals surface area (Å²) in [4.78, 5) is 18.0. The molecule has 2 aromatic carbocycles. The van der Waals surface area contributed by atoms with Crippen LogP contribution in [-0.4, -0.2) is 56.7 Å². The summed E-state index contributed by atoms with van der Waals surface area (Å²) in [7, 11) is -7.45. The number of ether oxygens (including phenoxy) is 1. The monoisotopic (exact) mass is 840 g/mol. The largest absolute Gasteiger partial charge is 1.00 e. The fourth-order valence-electron chi connectivity index (χ4n) is 6.74. The molecule has 3 heterocycles. The van der Waals surface area contributed by atoms with Crippen molar-refractivity contribution in [3.63, 3.8) is 0 Å². The number of anilines is 1. The zero-order valence-electron chi connectivity index (χ0n) is 33.0. The fourth-order valence-corrected chi connectivity index (χ4v) is 7.45. The Balaban J connectivity index is 0.00000172. The topological polar surface area (TPSA) is 154 Å². The molecule has 288 valence electrons. The Labute approximate surface area is 381 Å². The number of aromatic nitrogens is 1. The van der Waals surface area contributed by atoms with Gasteiger partial charge in [0.2, 0.25) is 0 Å². The zero-order valence-corrected chi connectivity index (χ0v) is 39.4. The quantitative estimate of drug-likeness (QED) is 0.0407. The van der Waals surface area contributed by atoms with E-state index in [1.54, 1.807) is 0 Å². The van der Waals surface area contributed by atoms with Crippen LogP contribution in [0.2, 0.25) is 5.02 Å². The number of halogens is 1. The van der Waals surface area contributed by atoms with Crippen molar-refractivity contribution in [2.24, 2.45) is 4.99 Å². The van der Waals surface area contributed by atoms with Gasteiger partial charge in [0.15, 0.2) is 5.71 Å². The van der Waals surface area contributed by atoms with E-state index >= 15 is 0 Å². The molecule has 0 saturated carbocycles. The molecule has 0 saturated heterocycles. The zero-order chi connectivity index (χ0) is 39.7. The number of allylic oxidation sites excluding steroid dienone is 6. The van der Waals surface area contributed by atoms with Gasteiger partial charge in [-0.15, -0.1) is 24.3 Å². The molecule has 0 radical (unpaired) electrons. The van der Waals surface area contributed by atoms with Gasteiger partial charge in [0.25, 0.3) is 6.47 Å². The van der Waals surface area contributed by atoms with Crippen LogP contribution in [0.1, 0.15) is 76.1 Å². The molecule has 0 aliphatic carbocycles. The third kappa shape index (κ3) is 13.0. The molecule has 3 aromatic rings. The molecule has 0 fully saturated rings. The van der Waals surface area contributed by atoms with Crippen LogP contribution >= 0.6 is 11.6 Å². The normalized spacial score (nSPS) is 15.8. The Bertz CT molecular complexity index is 2220. The van der Waals surface area contributed by atoms with E-state index in [1.165, 1.54) is 0 Å². The molecule has 0 bridgehead atoms. The van der Waals surface area contributed by atoms with Gasteiger partial charge in [0.05, 0.1) is 39.3 Å². The third-order valence-corrected chi connectivity index (χ3v) is 10.6. The molecule has 0 spiro atoms. The molecule has 0 atom stereocenters. The van der Waals surface area contributed by atoms with Crippen molar-refractivity contribution in [2.45, 2.75) is 77.7 Å². The van der Waals surface area contributed by atoms with Gasteiger partial charge in [0.1, 0.15) is 6.20 Å². The van der Waals surface area contributed by atoms with Gasteiger partial charge in [0, 0.05) is 24.4 Å². The number of nitrogens with zero attached hydrogens (tertiary/aromatic N) is 3. The number of pyridine rings is 1. The fraction of sp³-hybridized carbons (Fsp3) is 0.375. The molecule has 5 rings (SSSR count). The van der Waals surface area contributed by atoms with Crippen molar-refractivity contribution in [3.05, 3.63) is 118 Å². The first kappa shape index (κ1) is 49.7. The molecule has 0 unspecified atom stereocenters. The predicted molar refractivity (Wildman–Crippen MR) is 209 cm³/mol. The Kier molecular flexibility index (Phi) is 19.6. The molecular weight excluding hydrogens is 796 g/mol. The average molecular weight is 841 g/mol. The maximum Gasteiger partial charge on any atom is 1.00 e. The van der Waals surface area contributed by atoms with Crippen LogP contribution in [0.15, 0.2) is 89.7 Å². The van der Waals surface area contributed by atoms with Crippen molar-refractivity contribution in [1.29, 1.82) is 0 Å². The second-order valence-corrected chi connectivity index (χ2v) is 16.4. The Morgan fingerprint density at radius 3 is 2.45 bits per heavy atom. The Hall–Kier alpha value is -2.43. The minimum absolute atomic E-state index is 0. The number of unbranched alkanes of at least 4 members (excludes halogenated alkanes) is 1. The van der Waals surface area contributed by atoms with Gasteiger partial charge in [-0.1, -0.05) is 80.9 Å². The number of carbonyl (C=O) groups excluding carboxylic acids is 1. The summed E-state index contributed by atoms with van der Waals surface area (Å²) in [5, 5.41) is 0.686. The van der Waals surface area contributed by atoms with E-state index < -0.39 is 31.9 Å². The number of hydrogen-bond acceptors (Lipinski definition) is 10. The van der Waals surface area contributed by atoms with Crippen molar-refractivity contribution >= 4 is 61.6 Å². The number of benzene rings is 2. The summed E-state index contributed by atoms with van der Waals surface area (Å²) in [6.45, 7) is 12.7. The smallest absolute Gasteiger partial charge is 0.748 e. The van der Waals surface area contributed by atoms with Crippen LogP contribution < -0.4 is 68.6 Å². The number of aryl methyl sites for hydroxylation is 1. The molecule has 2 aliphatic rings. The number of hydrogen-bond donors (Lipinski definition) is 0. The van der Waals surface area contributed by atoms with Gasteiger partial charge in [-0.05, 0) is 72.0 Å². The summed E-state index contributed by atoms with van der Waals surface area (Å²) >= 11 is 6.59. The van der Waals surface area contributed by atoms with E-state index in [-0.39, 0.29) is 77.6 Å². The van der Waals surface area contributed by atoms with Gasteiger partial charge in [-0.25, -0.2) is 13.0 Å². The molecular formula is C40H45ClN3Na2O8S2+. The Morgan fingerprint density at radius 1 is 1.07 bits per heavy atom. The van der Waals surface area contributed by atoms with Gasteiger partial charge >= 0.3 is 75.5 Å². The Morgan fingerprint density at radius 2 is 1.79 bits per heavy atom. The standard InChI is InChI=1S/C40H46ClN3O5S.2Na.O3S/c1-6-7-21-43-27-32(41)26-34-38(43)42-36(39(34,2)3)18-16-30(31-13-10-12-29(25-31)20-23-49-28-45)17-19-37-40(4,5)33-14-8-9-15-35(33)44(37)22-11-24-50(46,47)48;;;1-4(2)3/h9-10,12-19,25-28H,6-7,11,20-24H2,1-5H3,(H,46,47,48);;;/q;2*+1;/p-1. The molecule has 2 aliphatic heterocycles. The number of fused-ring (bicyclic) bond motifs is 2. The van der Waals surface area contributed by atoms with E-state index in [9.17, 15) is 17.8 Å². The van der Waals surface area contributed by atoms with Crippen LogP contribution in [0.5, 0.6) is 0 Å². The van der Waals surface area contributed by atoms with Crippen LogP contribution in [0.3, 0.4) is 0 Å². The minimum Gasteiger partial charge on any atom is -0.748 e. The second-order valence-electron chi connectivity index (χ2n) is 14.0. The molecule has 0 N–H and O–H groups in total. The number of carbonyl (C=O) groups is 1. The minimum atomic E-state index is -4.34. The van der Waals surface area contributed by atoms with Crippen molar-refractivity contribution in [1.82, 2.24) is 0 Å². The van der Waals surface area contributed by atoms with E-state index in [0.29, 0.717) is 24.5 Å². The molecule has 11 nitrogen and oxygen atoms in total. The van der Waals surface area contributed by atoms with Crippen LogP contribution in [0, 0.1) is 6.07 Å². The predicted octanol–water partition coefficient (Wildman–Crippen LogP) is 0.568. The summed E-state index contributed by atoms with van der Waals surface area (Å²) in [6, 6.07) is 19.2. The number of rotatable bonds is 15. The van der Waals surface area contributed by atoms with Crippen LogP contribution in [-0.2, 0) is 54.1 Å².